The van der Waals surface area contributed by atoms with Crippen LogP contribution in [0.5, 0.6) is 0 Å². The van der Waals surface area contributed by atoms with Crippen LogP contribution in [0, 0.1) is 21.7 Å². The number of hydrogen-bond acceptors (Lipinski definition) is 9. The van der Waals surface area contributed by atoms with E-state index in [1.807, 2.05) is 0 Å². The number of amides is 2. The highest BCUT2D eigenvalue weighted by atomic mass is 19.1. The maximum atomic E-state index is 14.9. The number of furan rings is 1. The van der Waals surface area contributed by atoms with Gasteiger partial charge in [-0.15, -0.1) is 0 Å². The minimum Gasteiger partial charge on any atom is -0.441 e. The molecule has 3 rings (SSSR count). The van der Waals surface area contributed by atoms with Crippen LogP contribution in [0.1, 0.15) is 17.5 Å². The lowest BCUT2D eigenvalue weighted by Gasteiger charge is -2.28. The van der Waals surface area contributed by atoms with Crippen molar-refractivity contribution in [3.05, 3.63) is 51.8 Å². The molecule has 2 amide bonds. The Bertz CT molecular complexity index is 1060. The third-order valence-corrected chi connectivity index (χ3v) is 5.09. The van der Waals surface area contributed by atoms with E-state index in [0.29, 0.717) is 0 Å². The van der Waals surface area contributed by atoms with Crippen LogP contribution in [0.4, 0.5) is 30.8 Å². The van der Waals surface area contributed by atoms with Gasteiger partial charge in [0.15, 0.2) is 11.6 Å². The number of anilines is 2. The van der Waals surface area contributed by atoms with Crippen molar-refractivity contribution in [2.75, 3.05) is 49.7 Å². The number of nitrogens with zero attached hydrogens (tertiary/aromatic N) is 4. The SMILES string of the molecule is CCN(CCN(OC)C(=O)c1ccc([N+](=O)[O-])o1)c1c(F)cc(N2C[C@H](CO)OC2=O)cc1F. The van der Waals surface area contributed by atoms with E-state index in [1.54, 1.807) is 6.92 Å². The van der Waals surface area contributed by atoms with Gasteiger partial charge < -0.3 is 19.2 Å². The summed E-state index contributed by atoms with van der Waals surface area (Å²) in [5.41, 5.74) is -0.446. The number of carbonyl (C=O) groups excluding carboxylic acids is 2. The van der Waals surface area contributed by atoms with E-state index in [9.17, 15) is 28.5 Å². The van der Waals surface area contributed by atoms with E-state index in [2.05, 4.69) is 0 Å². The first-order valence-electron chi connectivity index (χ1n) is 10.1. The minimum atomic E-state index is -0.950. The Kier molecular flexibility index (Phi) is 7.63. The smallest absolute Gasteiger partial charge is 0.433 e. The molecule has 1 aliphatic heterocycles. The molecule has 0 unspecified atom stereocenters. The first kappa shape index (κ1) is 24.9. The molecule has 12 nitrogen and oxygen atoms in total. The summed E-state index contributed by atoms with van der Waals surface area (Å²) >= 11 is 0. The van der Waals surface area contributed by atoms with Gasteiger partial charge in [0.25, 0.3) is 0 Å². The van der Waals surface area contributed by atoms with Crippen molar-refractivity contribution in [1.29, 1.82) is 0 Å². The average molecular weight is 484 g/mol. The lowest BCUT2D eigenvalue weighted by Crippen LogP contribution is -2.38. The second-order valence-electron chi connectivity index (χ2n) is 7.12. The van der Waals surface area contributed by atoms with Crippen LogP contribution in [-0.2, 0) is 9.57 Å². The van der Waals surface area contributed by atoms with E-state index >= 15 is 0 Å². The van der Waals surface area contributed by atoms with Gasteiger partial charge in [-0.3, -0.25) is 24.6 Å². The predicted molar refractivity (Wildman–Crippen MR) is 112 cm³/mol. The van der Waals surface area contributed by atoms with E-state index < -0.39 is 47.2 Å². The Labute approximate surface area is 191 Å². The summed E-state index contributed by atoms with van der Waals surface area (Å²) in [6.07, 6.45) is -1.62. The van der Waals surface area contributed by atoms with Gasteiger partial charge in [-0.1, -0.05) is 0 Å². The fourth-order valence-electron chi connectivity index (χ4n) is 3.42. The lowest BCUT2D eigenvalue weighted by molar-refractivity contribution is -0.402. The van der Waals surface area contributed by atoms with Gasteiger partial charge in [0.2, 0.25) is 5.76 Å². The Morgan fingerprint density at radius 3 is 2.50 bits per heavy atom. The standard InChI is InChI=1S/C20H22F2N4O8/c1-3-23(6-7-25(32-2)19(28)16-4-5-17(34-16)26(30)31)18-14(21)8-12(9-15(18)22)24-10-13(11-27)33-20(24)29/h4-5,8-9,13,27H,3,6-7,10-11H2,1-2H3/t13-/m1/s1. The van der Waals surface area contributed by atoms with Crippen molar-refractivity contribution in [3.8, 4) is 0 Å². The Morgan fingerprint density at radius 2 is 2.00 bits per heavy atom. The van der Waals surface area contributed by atoms with Crippen molar-refractivity contribution in [2.24, 2.45) is 0 Å². The molecule has 0 radical (unpaired) electrons. The number of ether oxygens (including phenoxy) is 1. The molecule has 1 fully saturated rings. The van der Waals surface area contributed by atoms with Crippen molar-refractivity contribution >= 4 is 29.3 Å². The van der Waals surface area contributed by atoms with Crippen LogP contribution in [0.15, 0.2) is 28.7 Å². The molecule has 14 heteroatoms. The molecule has 34 heavy (non-hydrogen) atoms. The molecule has 184 valence electrons. The molecule has 1 aromatic carbocycles. The van der Waals surface area contributed by atoms with Gasteiger partial charge >= 0.3 is 17.9 Å². The van der Waals surface area contributed by atoms with E-state index in [4.69, 9.17) is 19.1 Å². The number of nitro groups is 1. The molecule has 1 aliphatic rings. The zero-order valence-corrected chi connectivity index (χ0v) is 18.3. The molecule has 0 bridgehead atoms. The number of carbonyl (C=O) groups is 2. The van der Waals surface area contributed by atoms with Gasteiger partial charge in [0.1, 0.15) is 16.7 Å². The van der Waals surface area contributed by atoms with E-state index in [0.717, 1.165) is 34.2 Å². The van der Waals surface area contributed by atoms with Gasteiger partial charge in [0, 0.05) is 25.2 Å². The number of benzene rings is 1. The normalized spacial score (nSPS) is 15.4. The van der Waals surface area contributed by atoms with Crippen molar-refractivity contribution in [2.45, 2.75) is 13.0 Å². The molecule has 1 aromatic heterocycles. The minimum absolute atomic E-state index is 0.0547. The number of likely N-dealkylation sites (N-methyl/N-ethyl adjacent to an activating group) is 1. The van der Waals surface area contributed by atoms with Crippen molar-refractivity contribution in [1.82, 2.24) is 5.06 Å². The summed E-state index contributed by atoms with van der Waals surface area (Å²) in [5, 5.41) is 20.7. The summed E-state index contributed by atoms with van der Waals surface area (Å²) in [6, 6.07) is 4.09. The zero-order chi connectivity index (χ0) is 25.0. The summed E-state index contributed by atoms with van der Waals surface area (Å²) in [4.78, 5) is 41.7. The van der Waals surface area contributed by atoms with Gasteiger partial charge in [-0.25, -0.2) is 18.6 Å². The fraction of sp³-hybridized carbons (Fsp3) is 0.400. The molecule has 0 saturated carbocycles. The third-order valence-electron chi connectivity index (χ3n) is 5.09. The van der Waals surface area contributed by atoms with Crippen molar-refractivity contribution in [3.63, 3.8) is 0 Å². The maximum Gasteiger partial charge on any atom is 0.433 e. The Balaban J connectivity index is 1.74. The maximum absolute atomic E-state index is 14.9. The Morgan fingerprint density at radius 1 is 1.32 bits per heavy atom. The first-order valence-corrected chi connectivity index (χ1v) is 10.1. The molecule has 2 heterocycles. The fourth-order valence-corrected chi connectivity index (χ4v) is 3.42. The largest absolute Gasteiger partial charge is 0.441 e. The molecular formula is C20H22F2N4O8. The number of aliphatic hydroxyl groups is 1. The summed E-state index contributed by atoms with van der Waals surface area (Å²) in [7, 11) is 1.19. The lowest BCUT2D eigenvalue weighted by atomic mass is 10.2. The van der Waals surface area contributed by atoms with Gasteiger partial charge in [-0.05, 0) is 13.0 Å². The highest BCUT2D eigenvalue weighted by molar-refractivity contribution is 5.91. The third kappa shape index (κ3) is 5.07. The monoisotopic (exact) mass is 484 g/mol. The first-order chi connectivity index (χ1) is 16.2. The van der Waals surface area contributed by atoms with Crippen LogP contribution in [0.3, 0.4) is 0 Å². The van der Waals surface area contributed by atoms with Gasteiger partial charge in [0.05, 0.1) is 38.6 Å². The van der Waals surface area contributed by atoms with Crippen molar-refractivity contribution < 1.29 is 42.4 Å². The second-order valence-corrected chi connectivity index (χ2v) is 7.12. The average Bonchev–Trinajstić information content (AvgIpc) is 3.44. The molecule has 1 atom stereocenters. The van der Waals surface area contributed by atoms with Crippen LogP contribution < -0.4 is 9.80 Å². The van der Waals surface area contributed by atoms with Crippen LogP contribution in [-0.4, -0.2) is 73.1 Å². The van der Waals surface area contributed by atoms with Crippen LogP contribution >= 0.6 is 0 Å². The Hall–Kier alpha value is -3.78. The number of hydrogen-bond donors (Lipinski definition) is 1. The topological polar surface area (TPSA) is 139 Å². The quantitative estimate of drug-likeness (QED) is 0.397. The number of cyclic esters (lactones) is 1. The molecule has 1 N–H and O–H groups in total. The number of aliphatic hydroxyl groups excluding tert-OH is 1. The highest BCUT2D eigenvalue weighted by Crippen LogP contribution is 2.31. The second kappa shape index (κ2) is 10.4. The highest BCUT2D eigenvalue weighted by Gasteiger charge is 2.33. The molecule has 0 spiro atoms. The zero-order valence-electron chi connectivity index (χ0n) is 18.3. The number of rotatable bonds is 10. The summed E-state index contributed by atoms with van der Waals surface area (Å²) < 4.78 is 39.6. The van der Waals surface area contributed by atoms with E-state index in [-0.39, 0.29) is 43.3 Å². The van der Waals surface area contributed by atoms with E-state index in [1.165, 1.54) is 12.0 Å². The summed E-state index contributed by atoms with van der Waals surface area (Å²) in [6.45, 7) is 1.10. The number of hydroxylamine groups is 2. The van der Waals surface area contributed by atoms with Crippen LogP contribution in [0.2, 0.25) is 0 Å². The van der Waals surface area contributed by atoms with Gasteiger partial charge in [-0.2, -0.15) is 0 Å². The molecule has 1 saturated heterocycles. The summed E-state index contributed by atoms with van der Waals surface area (Å²) in [5.74, 6) is -3.67. The molecule has 2 aromatic rings. The molecule has 0 aliphatic carbocycles. The predicted octanol–water partition coefficient (Wildman–Crippen LogP) is 2.31. The molecular weight excluding hydrogens is 462 g/mol. The van der Waals surface area contributed by atoms with Crippen LogP contribution in [0.25, 0.3) is 0 Å². The number of halogens is 2.